The molecule has 0 saturated heterocycles. The second-order valence-corrected chi connectivity index (χ2v) is 9.26. The number of fused-ring (bicyclic) bond motifs is 2. The van der Waals surface area contributed by atoms with Gasteiger partial charge in [0, 0.05) is 38.6 Å². The summed E-state index contributed by atoms with van der Waals surface area (Å²) in [6, 6.07) is 14.2. The SMILES string of the molecule is CCCCN1C(=O)C(O)=C(C(=O)c2cc3cc(Br)ccc3o2)C1c1c(C)[nH]c2ccccc12. The molecule has 0 radical (unpaired) electrons. The second-order valence-electron chi connectivity index (χ2n) is 8.35. The Morgan fingerprint density at radius 2 is 2.00 bits per heavy atom. The third kappa shape index (κ3) is 3.47. The average Bonchev–Trinajstić information content (AvgIpc) is 3.43. The normalized spacial score (nSPS) is 16.5. The van der Waals surface area contributed by atoms with Crippen LogP contribution in [0.5, 0.6) is 0 Å². The number of aliphatic hydroxyl groups is 1. The van der Waals surface area contributed by atoms with Crippen LogP contribution in [0.25, 0.3) is 21.9 Å². The highest BCUT2D eigenvalue weighted by Gasteiger charge is 2.45. The Kier molecular flexibility index (Phi) is 5.37. The first kappa shape index (κ1) is 21.5. The molecule has 1 aliphatic heterocycles. The van der Waals surface area contributed by atoms with Crippen LogP contribution < -0.4 is 0 Å². The molecule has 33 heavy (non-hydrogen) atoms. The number of nitrogens with one attached hydrogen (secondary N) is 1. The Balaban J connectivity index is 1.68. The van der Waals surface area contributed by atoms with Gasteiger partial charge in [0.15, 0.2) is 11.5 Å². The summed E-state index contributed by atoms with van der Waals surface area (Å²) in [7, 11) is 0. The number of para-hydroxylation sites is 1. The smallest absolute Gasteiger partial charge is 0.290 e. The molecule has 1 aliphatic rings. The van der Waals surface area contributed by atoms with Gasteiger partial charge < -0.3 is 19.4 Å². The number of amides is 1. The van der Waals surface area contributed by atoms with Crippen LogP contribution in [0.2, 0.25) is 0 Å². The van der Waals surface area contributed by atoms with Gasteiger partial charge in [-0.3, -0.25) is 9.59 Å². The Hall–Kier alpha value is -3.32. The van der Waals surface area contributed by atoms with Crippen molar-refractivity contribution in [2.45, 2.75) is 32.7 Å². The lowest BCUT2D eigenvalue weighted by atomic mass is 9.93. The molecule has 0 saturated carbocycles. The van der Waals surface area contributed by atoms with E-state index in [2.05, 4.69) is 20.9 Å². The standard InChI is InChI=1S/C26H23BrN2O4/c1-3-4-11-29-23(21-14(2)28-18-8-6-5-7-17(18)21)22(25(31)26(29)32)24(30)20-13-15-12-16(27)9-10-19(15)33-20/h5-10,12-13,23,28,31H,3-4,11H2,1-2H3. The van der Waals surface area contributed by atoms with E-state index in [9.17, 15) is 14.7 Å². The maximum Gasteiger partial charge on any atom is 0.290 e. The molecule has 0 fully saturated rings. The number of aryl methyl sites for hydroxylation is 1. The number of aromatic amines is 1. The summed E-state index contributed by atoms with van der Waals surface area (Å²) in [5.74, 6) is -1.42. The van der Waals surface area contributed by atoms with E-state index >= 15 is 0 Å². The molecule has 6 nitrogen and oxygen atoms in total. The summed E-state index contributed by atoms with van der Waals surface area (Å²) >= 11 is 3.43. The molecule has 1 unspecified atom stereocenters. The summed E-state index contributed by atoms with van der Waals surface area (Å²) in [4.78, 5) is 31.8. The van der Waals surface area contributed by atoms with Crippen molar-refractivity contribution in [1.82, 2.24) is 9.88 Å². The van der Waals surface area contributed by atoms with Gasteiger partial charge >= 0.3 is 0 Å². The number of aliphatic hydroxyl groups excluding tert-OH is 1. The fourth-order valence-corrected chi connectivity index (χ4v) is 5.03. The van der Waals surface area contributed by atoms with E-state index in [-0.39, 0.29) is 11.3 Å². The van der Waals surface area contributed by atoms with Crippen LogP contribution in [0.4, 0.5) is 0 Å². The molecular formula is C26H23BrN2O4. The number of carbonyl (C=O) groups excluding carboxylic acids is 2. The van der Waals surface area contributed by atoms with E-state index in [0.29, 0.717) is 12.1 Å². The fourth-order valence-electron chi connectivity index (χ4n) is 4.65. The van der Waals surface area contributed by atoms with Crippen LogP contribution in [-0.2, 0) is 4.79 Å². The average molecular weight is 507 g/mol. The highest BCUT2D eigenvalue weighted by molar-refractivity contribution is 9.10. The summed E-state index contributed by atoms with van der Waals surface area (Å²) in [5.41, 5.74) is 3.21. The van der Waals surface area contributed by atoms with Crippen LogP contribution >= 0.6 is 15.9 Å². The van der Waals surface area contributed by atoms with Gasteiger partial charge in [-0.05, 0) is 43.7 Å². The molecule has 2 N–H and O–H groups in total. The number of carbonyl (C=O) groups is 2. The van der Waals surface area contributed by atoms with Crippen LogP contribution in [0.1, 0.15) is 47.6 Å². The summed E-state index contributed by atoms with van der Waals surface area (Å²) in [6.07, 6.45) is 1.64. The Morgan fingerprint density at radius 1 is 1.21 bits per heavy atom. The quantitative estimate of drug-likeness (QED) is 0.297. The predicted octanol–water partition coefficient (Wildman–Crippen LogP) is 6.36. The largest absolute Gasteiger partial charge is 0.503 e. The van der Waals surface area contributed by atoms with Gasteiger partial charge in [-0.2, -0.15) is 0 Å². The summed E-state index contributed by atoms with van der Waals surface area (Å²) in [5, 5.41) is 12.6. The van der Waals surface area contributed by atoms with Crippen molar-refractivity contribution in [3.8, 4) is 0 Å². The third-order valence-electron chi connectivity index (χ3n) is 6.22. The van der Waals surface area contributed by atoms with Gasteiger partial charge in [-0.15, -0.1) is 0 Å². The number of halogens is 1. The first-order chi connectivity index (χ1) is 15.9. The molecule has 0 aliphatic carbocycles. The number of benzene rings is 2. The Morgan fingerprint density at radius 3 is 2.79 bits per heavy atom. The lowest BCUT2D eigenvalue weighted by Crippen LogP contribution is -2.32. The maximum atomic E-state index is 13.7. The molecule has 4 aromatic rings. The first-order valence-electron chi connectivity index (χ1n) is 11.0. The third-order valence-corrected chi connectivity index (χ3v) is 6.71. The van der Waals surface area contributed by atoms with Crippen molar-refractivity contribution < 1.29 is 19.1 Å². The van der Waals surface area contributed by atoms with E-state index < -0.39 is 23.5 Å². The second kappa shape index (κ2) is 8.23. The summed E-state index contributed by atoms with van der Waals surface area (Å²) in [6.45, 7) is 4.40. The lowest BCUT2D eigenvalue weighted by molar-refractivity contribution is -0.129. The van der Waals surface area contributed by atoms with Gasteiger partial charge in [-0.25, -0.2) is 0 Å². The van der Waals surface area contributed by atoms with E-state index in [1.54, 1.807) is 17.0 Å². The molecule has 3 heterocycles. The highest BCUT2D eigenvalue weighted by atomic mass is 79.9. The summed E-state index contributed by atoms with van der Waals surface area (Å²) < 4.78 is 6.69. The topological polar surface area (TPSA) is 86.5 Å². The number of ketones is 1. The number of furan rings is 1. The molecule has 0 spiro atoms. The van der Waals surface area contributed by atoms with Gasteiger partial charge in [0.1, 0.15) is 5.58 Å². The molecule has 168 valence electrons. The number of rotatable bonds is 6. The van der Waals surface area contributed by atoms with Gasteiger partial charge in [0.05, 0.1) is 11.6 Å². The van der Waals surface area contributed by atoms with Crippen molar-refractivity contribution in [2.75, 3.05) is 6.54 Å². The monoisotopic (exact) mass is 506 g/mol. The molecule has 7 heteroatoms. The van der Waals surface area contributed by atoms with Crippen LogP contribution in [-0.4, -0.2) is 33.2 Å². The first-order valence-corrected chi connectivity index (χ1v) is 11.7. The van der Waals surface area contributed by atoms with Crippen LogP contribution in [0, 0.1) is 6.92 Å². The Bertz CT molecular complexity index is 1450. The van der Waals surface area contributed by atoms with Crippen molar-refractivity contribution in [2.24, 2.45) is 0 Å². The zero-order valence-electron chi connectivity index (χ0n) is 18.3. The van der Waals surface area contributed by atoms with Crippen molar-refractivity contribution in [3.05, 3.63) is 81.4 Å². The highest BCUT2D eigenvalue weighted by Crippen LogP contribution is 2.43. The molecule has 2 aromatic carbocycles. The molecular weight excluding hydrogens is 484 g/mol. The van der Waals surface area contributed by atoms with Crippen molar-refractivity contribution >= 4 is 49.5 Å². The van der Waals surface area contributed by atoms with Crippen molar-refractivity contribution in [3.63, 3.8) is 0 Å². The number of nitrogens with zero attached hydrogens (tertiary/aromatic N) is 1. The zero-order chi connectivity index (χ0) is 23.3. The number of hydrogen-bond donors (Lipinski definition) is 2. The molecule has 1 amide bonds. The van der Waals surface area contributed by atoms with E-state index in [0.717, 1.165) is 44.9 Å². The number of aromatic nitrogens is 1. The van der Waals surface area contributed by atoms with Crippen LogP contribution in [0.3, 0.4) is 0 Å². The fraction of sp³-hybridized carbons (Fsp3) is 0.231. The minimum Gasteiger partial charge on any atom is -0.503 e. The van der Waals surface area contributed by atoms with Gasteiger partial charge in [-0.1, -0.05) is 47.5 Å². The minimum atomic E-state index is -0.701. The molecule has 2 aromatic heterocycles. The number of H-pyrrole nitrogens is 1. The zero-order valence-corrected chi connectivity index (χ0v) is 19.9. The number of hydrogen-bond acceptors (Lipinski definition) is 4. The minimum absolute atomic E-state index is 0.0575. The van der Waals surface area contributed by atoms with E-state index in [1.165, 1.54) is 0 Å². The Labute approximate surface area is 199 Å². The van der Waals surface area contributed by atoms with E-state index in [4.69, 9.17) is 4.42 Å². The van der Waals surface area contributed by atoms with Gasteiger partial charge in [0.25, 0.3) is 5.91 Å². The lowest BCUT2D eigenvalue weighted by Gasteiger charge is -2.27. The number of unbranched alkanes of at least 4 members (excludes halogenated alkanes) is 1. The van der Waals surface area contributed by atoms with E-state index in [1.807, 2.05) is 50.2 Å². The number of Topliss-reactive ketones (excluding diaryl/α,β-unsaturated/α-hetero) is 1. The maximum absolute atomic E-state index is 13.7. The van der Waals surface area contributed by atoms with Crippen molar-refractivity contribution in [1.29, 1.82) is 0 Å². The molecule has 0 bridgehead atoms. The molecule has 1 atom stereocenters. The van der Waals surface area contributed by atoms with Gasteiger partial charge in [0.2, 0.25) is 5.78 Å². The van der Waals surface area contributed by atoms with Crippen LogP contribution in [0.15, 0.2) is 68.8 Å². The predicted molar refractivity (Wildman–Crippen MR) is 130 cm³/mol. The molecule has 5 rings (SSSR count).